The SMILES string of the molecule is CC(=O)OOCCCCCC(N)=O. The van der Waals surface area contributed by atoms with E-state index in [0.29, 0.717) is 13.0 Å². The van der Waals surface area contributed by atoms with E-state index in [1.807, 2.05) is 0 Å². The van der Waals surface area contributed by atoms with Crippen molar-refractivity contribution in [3.63, 3.8) is 0 Å². The summed E-state index contributed by atoms with van der Waals surface area (Å²) in [5.41, 5.74) is 4.93. The summed E-state index contributed by atoms with van der Waals surface area (Å²) in [7, 11) is 0. The standard InChI is InChI=1S/C8H15NO4/c1-7(10)13-12-6-4-2-3-5-8(9)11/h2-6H2,1H3,(H2,9,11). The Labute approximate surface area is 77.1 Å². The molecule has 0 aliphatic rings. The minimum atomic E-state index is -0.461. The second-order valence-electron chi connectivity index (χ2n) is 2.67. The maximum atomic E-state index is 10.3. The van der Waals surface area contributed by atoms with Crippen LogP contribution in [0.4, 0.5) is 0 Å². The van der Waals surface area contributed by atoms with Gasteiger partial charge in [0.15, 0.2) is 0 Å². The van der Waals surface area contributed by atoms with E-state index in [0.717, 1.165) is 19.3 Å². The third-order valence-electron chi connectivity index (χ3n) is 1.33. The third kappa shape index (κ3) is 10.9. The Morgan fingerprint density at radius 3 is 2.46 bits per heavy atom. The molecule has 0 atom stereocenters. The molecule has 0 heterocycles. The minimum Gasteiger partial charge on any atom is -0.370 e. The Hall–Kier alpha value is -1.10. The van der Waals surface area contributed by atoms with Crippen LogP contribution in [-0.2, 0) is 19.4 Å². The van der Waals surface area contributed by atoms with Gasteiger partial charge in [-0.3, -0.25) is 9.68 Å². The van der Waals surface area contributed by atoms with Gasteiger partial charge in [-0.2, -0.15) is 4.89 Å². The highest BCUT2D eigenvalue weighted by molar-refractivity contribution is 5.73. The van der Waals surface area contributed by atoms with Gasteiger partial charge in [0.25, 0.3) is 0 Å². The van der Waals surface area contributed by atoms with Gasteiger partial charge in [0.05, 0.1) is 6.61 Å². The van der Waals surface area contributed by atoms with Gasteiger partial charge in [-0.15, -0.1) is 0 Å². The first-order chi connectivity index (χ1) is 6.13. The third-order valence-corrected chi connectivity index (χ3v) is 1.33. The Kier molecular flexibility index (Phi) is 6.91. The Morgan fingerprint density at radius 2 is 1.92 bits per heavy atom. The van der Waals surface area contributed by atoms with Gasteiger partial charge in [-0.05, 0) is 12.8 Å². The van der Waals surface area contributed by atoms with Crippen molar-refractivity contribution in [2.24, 2.45) is 5.73 Å². The molecule has 0 aliphatic heterocycles. The number of nitrogens with two attached hydrogens (primary N) is 1. The molecule has 0 aromatic rings. The van der Waals surface area contributed by atoms with E-state index in [2.05, 4.69) is 9.78 Å². The topological polar surface area (TPSA) is 78.6 Å². The average Bonchev–Trinajstić information content (AvgIpc) is 2.01. The molecule has 5 nitrogen and oxygen atoms in total. The van der Waals surface area contributed by atoms with Crippen LogP contribution in [0.3, 0.4) is 0 Å². The Morgan fingerprint density at radius 1 is 1.23 bits per heavy atom. The molecular weight excluding hydrogens is 174 g/mol. The van der Waals surface area contributed by atoms with Crippen molar-refractivity contribution in [1.29, 1.82) is 0 Å². The van der Waals surface area contributed by atoms with E-state index in [9.17, 15) is 9.59 Å². The van der Waals surface area contributed by atoms with E-state index < -0.39 is 5.97 Å². The molecule has 0 saturated heterocycles. The molecule has 13 heavy (non-hydrogen) atoms. The first-order valence-electron chi connectivity index (χ1n) is 4.21. The summed E-state index contributed by atoms with van der Waals surface area (Å²) in [6, 6.07) is 0. The van der Waals surface area contributed by atoms with Gasteiger partial charge >= 0.3 is 5.97 Å². The number of carbonyl (C=O) groups excluding carboxylic acids is 2. The summed E-state index contributed by atoms with van der Waals surface area (Å²) in [6.45, 7) is 1.63. The van der Waals surface area contributed by atoms with Crippen molar-refractivity contribution in [3.05, 3.63) is 0 Å². The van der Waals surface area contributed by atoms with Gasteiger partial charge in [0.2, 0.25) is 5.91 Å². The van der Waals surface area contributed by atoms with Crippen molar-refractivity contribution in [1.82, 2.24) is 0 Å². The van der Waals surface area contributed by atoms with Gasteiger partial charge in [-0.25, -0.2) is 4.79 Å². The summed E-state index contributed by atoms with van der Waals surface area (Å²) < 4.78 is 0. The van der Waals surface area contributed by atoms with Crippen molar-refractivity contribution in [2.75, 3.05) is 6.61 Å². The van der Waals surface area contributed by atoms with E-state index >= 15 is 0 Å². The Bertz CT molecular complexity index is 152. The van der Waals surface area contributed by atoms with Crippen molar-refractivity contribution in [2.45, 2.75) is 32.6 Å². The van der Waals surface area contributed by atoms with Crippen LogP contribution >= 0.6 is 0 Å². The normalized spacial score (nSPS) is 9.62. The lowest BCUT2D eigenvalue weighted by Gasteiger charge is -2.00. The van der Waals surface area contributed by atoms with Crippen LogP contribution in [-0.4, -0.2) is 18.5 Å². The molecule has 0 bridgehead atoms. The van der Waals surface area contributed by atoms with Gasteiger partial charge in [0, 0.05) is 13.3 Å². The Balaban J connectivity index is 3.00. The van der Waals surface area contributed by atoms with Gasteiger partial charge < -0.3 is 5.73 Å². The van der Waals surface area contributed by atoms with Crippen molar-refractivity contribution in [3.8, 4) is 0 Å². The monoisotopic (exact) mass is 189 g/mol. The van der Waals surface area contributed by atoms with E-state index in [1.165, 1.54) is 6.92 Å². The number of rotatable bonds is 7. The highest BCUT2D eigenvalue weighted by Crippen LogP contribution is 1.99. The zero-order valence-electron chi connectivity index (χ0n) is 7.75. The molecule has 0 fully saturated rings. The molecular formula is C8H15NO4. The zero-order chi connectivity index (χ0) is 10.1. The summed E-state index contributed by atoms with van der Waals surface area (Å²) in [4.78, 5) is 29.3. The molecule has 5 heteroatoms. The smallest absolute Gasteiger partial charge is 0.339 e. The maximum absolute atomic E-state index is 10.3. The van der Waals surface area contributed by atoms with Crippen LogP contribution in [0.25, 0.3) is 0 Å². The lowest BCUT2D eigenvalue weighted by atomic mass is 10.2. The first-order valence-corrected chi connectivity index (χ1v) is 4.21. The fourth-order valence-corrected chi connectivity index (χ4v) is 0.762. The molecule has 0 saturated carbocycles. The molecule has 0 spiro atoms. The predicted molar refractivity (Wildman–Crippen MR) is 45.4 cm³/mol. The van der Waals surface area contributed by atoms with Crippen molar-refractivity contribution < 1.29 is 19.4 Å². The number of amides is 1. The predicted octanol–water partition coefficient (Wildman–Crippen LogP) is 0.527. The summed E-state index contributed by atoms with van der Waals surface area (Å²) in [6.07, 6.45) is 2.73. The lowest BCUT2D eigenvalue weighted by Crippen LogP contribution is -2.09. The summed E-state index contributed by atoms with van der Waals surface area (Å²) in [5.74, 6) is -0.752. The van der Waals surface area contributed by atoms with Gasteiger partial charge in [0.1, 0.15) is 0 Å². The second-order valence-corrected chi connectivity index (χ2v) is 2.67. The fraction of sp³-hybridized carbons (Fsp3) is 0.750. The van der Waals surface area contributed by atoms with E-state index in [1.54, 1.807) is 0 Å². The highest BCUT2D eigenvalue weighted by atomic mass is 17.2. The van der Waals surface area contributed by atoms with Crippen LogP contribution < -0.4 is 5.73 Å². The number of primary amides is 1. The van der Waals surface area contributed by atoms with E-state index in [-0.39, 0.29) is 5.91 Å². The van der Waals surface area contributed by atoms with E-state index in [4.69, 9.17) is 5.73 Å². The fourth-order valence-electron chi connectivity index (χ4n) is 0.762. The average molecular weight is 189 g/mol. The number of unbranched alkanes of at least 4 members (excludes halogenated alkanes) is 2. The number of hydrogen-bond acceptors (Lipinski definition) is 4. The molecule has 1 amide bonds. The maximum Gasteiger partial charge on any atom is 0.339 e. The second kappa shape index (κ2) is 7.54. The molecule has 0 aromatic heterocycles. The lowest BCUT2D eigenvalue weighted by molar-refractivity contribution is -0.270. The number of hydrogen-bond donors (Lipinski definition) is 1. The molecule has 0 rings (SSSR count). The van der Waals surface area contributed by atoms with Crippen LogP contribution in [0, 0.1) is 0 Å². The molecule has 0 unspecified atom stereocenters. The van der Waals surface area contributed by atoms with Crippen molar-refractivity contribution >= 4 is 11.9 Å². The van der Waals surface area contributed by atoms with Gasteiger partial charge in [-0.1, -0.05) is 6.42 Å². The largest absolute Gasteiger partial charge is 0.370 e. The minimum absolute atomic E-state index is 0.291. The molecule has 2 N–H and O–H groups in total. The highest BCUT2D eigenvalue weighted by Gasteiger charge is 1.96. The van der Waals surface area contributed by atoms with Crippen LogP contribution in [0.15, 0.2) is 0 Å². The molecule has 0 aliphatic carbocycles. The molecule has 0 radical (unpaired) electrons. The summed E-state index contributed by atoms with van der Waals surface area (Å²) in [5, 5.41) is 0. The zero-order valence-corrected chi connectivity index (χ0v) is 7.75. The molecule has 0 aromatic carbocycles. The first kappa shape index (κ1) is 11.9. The van der Waals surface area contributed by atoms with Crippen LogP contribution in [0.5, 0.6) is 0 Å². The van der Waals surface area contributed by atoms with Crippen LogP contribution in [0.1, 0.15) is 32.6 Å². The quantitative estimate of drug-likeness (QED) is 0.360. The number of carbonyl (C=O) groups is 2. The molecule has 76 valence electrons. The van der Waals surface area contributed by atoms with Crippen LogP contribution in [0.2, 0.25) is 0 Å². The summed E-state index contributed by atoms with van der Waals surface area (Å²) >= 11 is 0.